The third-order valence-electron chi connectivity index (χ3n) is 2.15. The second-order valence-corrected chi connectivity index (χ2v) is 3.69. The topological polar surface area (TPSA) is 173 Å². The standard InChI is InChI=1S/C9H6O6.C3H8O3/c10-7(11)4-1-2-5(8(12)13)6(3-4)9(14)15;4-1-3(6)2-5/h1-3H,(H,10,11)(H,12,13)(H,14,15);3-6H,1-2H2. The maximum absolute atomic E-state index is 10.6. The van der Waals surface area contributed by atoms with Crippen molar-refractivity contribution >= 4 is 17.9 Å². The van der Waals surface area contributed by atoms with Crippen molar-refractivity contribution in [2.75, 3.05) is 13.2 Å². The minimum Gasteiger partial charge on any atom is -0.478 e. The Morgan fingerprint density at radius 3 is 1.62 bits per heavy atom. The van der Waals surface area contributed by atoms with Crippen LogP contribution in [0.5, 0.6) is 0 Å². The van der Waals surface area contributed by atoms with E-state index >= 15 is 0 Å². The van der Waals surface area contributed by atoms with Crippen LogP contribution in [0.3, 0.4) is 0 Å². The van der Waals surface area contributed by atoms with Crippen molar-refractivity contribution in [2.45, 2.75) is 6.10 Å². The summed E-state index contributed by atoms with van der Waals surface area (Å²) < 4.78 is 0. The monoisotopic (exact) mass is 302 g/mol. The molecule has 0 amide bonds. The van der Waals surface area contributed by atoms with Crippen LogP contribution in [0.25, 0.3) is 0 Å². The smallest absolute Gasteiger partial charge is 0.336 e. The third-order valence-corrected chi connectivity index (χ3v) is 2.15. The molecule has 1 aromatic carbocycles. The van der Waals surface area contributed by atoms with Crippen molar-refractivity contribution < 1.29 is 45.0 Å². The Balaban J connectivity index is 0.000000567. The van der Waals surface area contributed by atoms with E-state index in [1.54, 1.807) is 0 Å². The van der Waals surface area contributed by atoms with Crippen molar-refractivity contribution in [2.24, 2.45) is 0 Å². The summed E-state index contributed by atoms with van der Waals surface area (Å²) in [5, 5.41) is 49.9. The van der Waals surface area contributed by atoms with Crippen LogP contribution in [0.2, 0.25) is 0 Å². The zero-order valence-electron chi connectivity index (χ0n) is 10.6. The minimum atomic E-state index is -1.48. The predicted molar refractivity (Wildman–Crippen MR) is 67.5 cm³/mol. The van der Waals surface area contributed by atoms with E-state index in [-0.39, 0.29) is 18.8 Å². The molecule has 0 bridgehead atoms. The molecule has 0 radical (unpaired) electrons. The van der Waals surface area contributed by atoms with Gasteiger partial charge in [-0.3, -0.25) is 0 Å². The van der Waals surface area contributed by atoms with Gasteiger partial charge in [0.15, 0.2) is 0 Å². The van der Waals surface area contributed by atoms with Crippen LogP contribution >= 0.6 is 0 Å². The summed E-state index contributed by atoms with van der Waals surface area (Å²) in [4.78, 5) is 31.8. The second kappa shape index (κ2) is 8.64. The van der Waals surface area contributed by atoms with E-state index in [4.69, 9.17) is 30.6 Å². The van der Waals surface area contributed by atoms with E-state index in [0.717, 1.165) is 18.2 Å². The Kier molecular flexibility index (Phi) is 7.61. The first-order valence-electron chi connectivity index (χ1n) is 5.48. The second-order valence-electron chi connectivity index (χ2n) is 3.69. The maximum Gasteiger partial charge on any atom is 0.336 e. The van der Waals surface area contributed by atoms with Crippen LogP contribution in [0.4, 0.5) is 0 Å². The number of carbonyl (C=O) groups is 3. The molecular weight excluding hydrogens is 288 g/mol. The van der Waals surface area contributed by atoms with Gasteiger partial charge in [-0.25, -0.2) is 14.4 Å². The highest BCUT2D eigenvalue weighted by Gasteiger charge is 2.17. The van der Waals surface area contributed by atoms with Gasteiger partial charge in [-0.15, -0.1) is 0 Å². The number of aliphatic hydroxyl groups excluding tert-OH is 3. The summed E-state index contributed by atoms with van der Waals surface area (Å²) in [7, 11) is 0. The van der Waals surface area contributed by atoms with Crippen LogP contribution < -0.4 is 0 Å². The number of aliphatic hydroxyl groups is 3. The van der Waals surface area contributed by atoms with Crippen LogP contribution in [0.15, 0.2) is 18.2 Å². The average molecular weight is 302 g/mol. The van der Waals surface area contributed by atoms with E-state index in [0.29, 0.717) is 0 Å². The van der Waals surface area contributed by atoms with Gasteiger partial charge in [0, 0.05) is 0 Å². The lowest BCUT2D eigenvalue weighted by atomic mass is 10.0. The highest BCUT2D eigenvalue weighted by atomic mass is 16.4. The van der Waals surface area contributed by atoms with Gasteiger partial charge in [-0.1, -0.05) is 0 Å². The normalized spacial score (nSPS) is 9.71. The molecule has 0 saturated heterocycles. The number of hydrogen-bond donors (Lipinski definition) is 6. The van der Waals surface area contributed by atoms with Crippen LogP contribution in [0, 0.1) is 0 Å². The van der Waals surface area contributed by atoms with Crippen molar-refractivity contribution in [1.82, 2.24) is 0 Å². The molecule has 9 heteroatoms. The fourth-order valence-electron chi connectivity index (χ4n) is 1.10. The molecule has 0 aliphatic heterocycles. The molecule has 0 aliphatic rings. The molecule has 0 spiro atoms. The highest BCUT2D eigenvalue weighted by molar-refractivity contribution is 6.03. The Bertz CT molecular complexity index is 519. The van der Waals surface area contributed by atoms with Gasteiger partial charge in [-0.2, -0.15) is 0 Å². The van der Waals surface area contributed by atoms with Crippen LogP contribution in [-0.4, -0.2) is 67.9 Å². The fraction of sp³-hybridized carbons (Fsp3) is 0.250. The van der Waals surface area contributed by atoms with Gasteiger partial charge in [0.1, 0.15) is 6.10 Å². The molecule has 0 aromatic heterocycles. The van der Waals surface area contributed by atoms with Gasteiger partial charge in [0.2, 0.25) is 0 Å². The van der Waals surface area contributed by atoms with E-state index < -0.39 is 35.1 Å². The molecule has 0 heterocycles. The third kappa shape index (κ3) is 5.99. The van der Waals surface area contributed by atoms with Crippen LogP contribution in [-0.2, 0) is 0 Å². The van der Waals surface area contributed by atoms with Gasteiger partial charge in [0.25, 0.3) is 0 Å². The first-order chi connectivity index (χ1) is 9.74. The Hall–Kier alpha value is -2.49. The predicted octanol–water partition coefficient (Wildman–Crippen LogP) is -0.887. The minimum absolute atomic E-state index is 0.266. The lowest BCUT2D eigenvalue weighted by molar-refractivity contribution is 0.0450. The van der Waals surface area contributed by atoms with Crippen molar-refractivity contribution in [3.05, 3.63) is 34.9 Å². The molecule has 0 fully saturated rings. The first-order valence-corrected chi connectivity index (χ1v) is 5.48. The summed E-state index contributed by atoms with van der Waals surface area (Å²) in [6.07, 6.45) is -0.954. The van der Waals surface area contributed by atoms with Crippen molar-refractivity contribution in [1.29, 1.82) is 0 Å². The van der Waals surface area contributed by atoms with Gasteiger partial charge < -0.3 is 30.6 Å². The quantitative estimate of drug-likeness (QED) is 0.403. The van der Waals surface area contributed by atoms with E-state index in [2.05, 4.69) is 0 Å². The molecule has 9 nitrogen and oxygen atoms in total. The highest BCUT2D eigenvalue weighted by Crippen LogP contribution is 2.12. The number of aromatic carboxylic acids is 3. The largest absolute Gasteiger partial charge is 0.478 e. The summed E-state index contributed by atoms with van der Waals surface area (Å²) >= 11 is 0. The molecule has 1 rings (SSSR count). The average Bonchev–Trinajstić information content (AvgIpc) is 2.45. The number of carboxylic acids is 3. The molecule has 21 heavy (non-hydrogen) atoms. The zero-order chi connectivity index (χ0) is 16.6. The number of benzene rings is 1. The van der Waals surface area contributed by atoms with Gasteiger partial charge in [0.05, 0.1) is 29.9 Å². The molecule has 0 saturated carbocycles. The SMILES string of the molecule is O=C(O)c1ccc(C(=O)O)c(C(=O)O)c1.OCC(O)CO. The van der Waals surface area contributed by atoms with Crippen LogP contribution in [0.1, 0.15) is 31.1 Å². The maximum atomic E-state index is 10.6. The van der Waals surface area contributed by atoms with E-state index in [1.807, 2.05) is 0 Å². The molecule has 0 aliphatic carbocycles. The van der Waals surface area contributed by atoms with Crippen molar-refractivity contribution in [3.8, 4) is 0 Å². The van der Waals surface area contributed by atoms with Gasteiger partial charge >= 0.3 is 17.9 Å². The Morgan fingerprint density at radius 2 is 1.33 bits per heavy atom. The molecule has 0 atom stereocenters. The molecule has 116 valence electrons. The molecular formula is C12H14O9. The molecule has 6 N–H and O–H groups in total. The van der Waals surface area contributed by atoms with Crippen molar-refractivity contribution in [3.63, 3.8) is 0 Å². The number of hydrogen-bond acceptors (Lipinski definition) is 6. The fourth-order valence-corrected chi connectivity index (χ4v) is 1.10. The Labute approximate surface area is 118 Å². The summed E-state index contributed by atoms with van der Waals surface area (Å²) in [6, 6.07) is 2.81. The zero-order valence-corrected chi connectivity index (χ0v) is 10.6. The molecule has 1 aromatic rings. The number of carboxylic acid groups (broad SMARTS) is 3. The lowest BCUT2D eigenvalue weighted by Gasteiger charge is -2.02. The summed E-state index contributed by atoms with van der Waals surface area (Å²) in [6.45, 7) is -0.729. The van der Waals surface area contributed by atoms with Gasteiger partial charge in [-0.05, 0) is 18.2 Å². The number of rotatable bonds is 5. The van der Waals surface area contributed by atoms with E-state index in [9.17, 15) is 14.4 Å². The van der Waals surface area contributed by atoms with E-state index in [1.165, 1.54) is 0 Å². The summed E-state index contributed by atoms with van der Waals surface area (Å²) in [5.41, 5.74) is -1.24. The lowest BCUT2D eigenvalue weighted by Crippen LogP contribution is -2.15. The Morgan fingerprint density at radius 1 is 0.857 bits per heavy atom. The molecule has 0 unspecified atom stereocenters. The first kappa shape index (κ1) is 18.5. The summed E-state index contributed by atoms with van der Waals surface area (Å²) in [5.74, 6) is -4.20.